The summed E-state index contributed by atoms with van der Waals surface area (Å²) in [6, 6.07) is 12.4. The van der Waals surface area contributed by atoms with Crippen molar-refractivity contribution in [2.45, 2.75) is 19.4 Å². The van der Waals surface area contributed by atoms with Gasteiger partial charge in [0, 0.05) is 21.5 Å². The van der Waals surface area contributed by atoms with Gasteiger partial charge < -0.3 is 10.1 Å². The van der Waals surface area contributed by atoms with E-state index in [0.29, 0.717) is 0 Å². The highest BCUT2D eigenvalue weighted by Crippen LogP contribution is 2.38. The molecular formula is C17H17BrClNO. The molecule has 3 rings (SSSR count). The fourth-order valence-corrected chi connectivity index (χ4v) is 3.58. The van der Waals surface area contributed by atoms with Crippen LogP contribution < -0.4 is 10.1 Å². The molecule has 0 radical (unpaired) electrons. The molecule has 4 heteroatoms. The molecule has 1 unspecified atom stereocenters. The summed E-state index contributed by atoms with van der Waals surface area (Å²) in [6.45, 7) is 3.73. The molecule has 0 fully saturated rings. The Labute approximate surface area is 138 Å². The zero-order chi connectivity index (χ0) is 14.8. The Kier molecular flexibility index (Phi) is 4.53. The molecule has 2 aromatic carbocycles. The monoisotopic (exact) mass is 365 g/mol. The molecule has 0 aliphatic carbocycles. The van der Waals surface area contributed by atoms with Gasteiger partial charge in [-0.2, -0.15) is 0 Å². The number of hydrogen-bond acceptors (Lipinski definition) is 2. The maximum absolute atomic E-state index is 6.45. The Hall–Kier alpha value is -1.03. The first-order chi connectivity index (χ1) is 10.2. The molecule has 0 aromatic heterocycles. The predicted octanol–water partition coefficient (Wildman–Crippen LogP) is 4.74. The highest BCUT2D eigenvalue weighted by atomic mass is 79.9. The molecule has 0 saturated heterocycles. The van der Waals surface area contributed by atoms with Gasteiger partial charge >= 0.3 is 0 Å². The third-order valence-corrected chi connectivity index (χ3v) is 4.56. The van der Waals surface area contributed by atoms with E-state index in [0.717, 1.165) is 45.9 Å². The zero-order valence-corrected chi connectivity index (χ0v) is 14.2. The molecule has 1 atom stereocenters. The molecule has 1 aliphatic rings. The third-order valence-electron chi connectivity index (χ3n) is 3.74. The van der Waals surface area contributed by atoms with Crippen molar-refractivity contribution in [1.29, 1.82) is 0 Å². The predicted molar refractivity (Wildman–Crippen MR) is 90.3 cm³/mol. The molecular weight excluding hydrogens is 350 g/mol. The Morgan fingerprint density at radius 1 is 1.29 bits per heavy atom. The molecule has 110 valence electrons. The summed E-state index contributed by atoms with van der Waals surface area (Å²) in [7, 11) is 0. The van der Waals surface area contributed by atoms with Crippen molar-refractivity contribution in [3.63, 3.8) is 0 Å². The summed E-state index contributed by atoms with van der Waals surface area (Å²) in [4.78, 5) is 0. The van der Waals surface area contributed by atoms with Crippen molar-refractivity contribution >= 4 is 27.5 Å². The molecule has 21 heavy (non-hydrogen) atoms. The van der Waals surface area contributed by atoms with E-state index >= 15 is 0 Å². The van der Waals surface area contributed by atoms with Crippen molar-refractivity contribution < 1.29 is 4.74 Å². The van der Waals surface area contributed by atoms with E-state index in [2.05, 4.69) is 52.4 Å². The average molecular weight is 367 g/mol. The number of rotatable bonds is 4. The van der Waals surface area contributed by atoms with E-state index in [1.54, 1.807) is 0 Å². The fourth-order valence-electron chi connectivity index (χ4n) is 2.80. The van der Waals surface area contributed by atoms with Gasteiger partial charge in [-0.1, -0.05) is 58.7 Å². The number of ether oxygens (including phenoxy) is 1. The first-order valence-corrected chi connectivity index (χ1v) is 8.30. The molecule has 0 bridgehead atoms. The first-order valence-electron chi connectivity index (χ1n) is 7.13. The minimum atomic E-state index is 0.0450. The number of para-hydroxylation sites is 1. The number of hydrogen-bond donors (Lipinski definition) is 1. The summed E-state index contributed by atoms with van der Waals surface area (Å²) in [5.74, 6) is 1.02. The quantitative estimate of drug-likeness (QED) is 0.844. The second-order valence-corrected chi connectivity index (χ2v) is 6.41. The van der Waals surface area contributed by atoms with Crippen LogP contribution in [0.3, 0.4) is 0 Å². The smallest absolute Gasteiger partial charge is 0.127 e. The summed E-state index contributed by atoms with van der Waals surface area (Å²) in [5.41, 5.74) is 3.52. The SMILES string of the molecule is CCNC(c1ccc(Br)cc1Cl)c1cccc2c1OCC2. The Morgan fingerprint density at radius 2 is 2.14 bits per heavy atom. The molecule has 1 aliphatic heterocycles. The minimum absolute atomic E-state index is 0.0450. The largest absolute Gasteiger partial charge is 0.493 e. The van der Waals surface area contributed by atoms with Crippen molar-refractivity contribution in [3.8, 4) is 5.75 Å². The standard InChI is InChI=1S/C17H17BrClNO/c1-2-20-16(13-7-6-12(18)10-15(13)19)14-5-3-4-11-8-9-21-17(11)14/h3-7,10,16,20H,2,8-9H2,1H3. The van der Waals surface area contributed by atoms with E-state index < -0.39 is 0 Å². The minimum Gasteiger partial charge on any atom is -0.493 e. The molecule has 2 aromatic rings. The fraction of sp³-hybridized carbons (Fsp3) is 0.294. The van der Waals surface area contributed by atoms with Crippen LogP contribution >= 0.6 is 27.5 Å². The van der Waals surface area contributed by atoms with Crippen LogP contribution in [0.2, 0.25) is 5.02 Å². The topological polar surface area (TPSA) is 21.3 Å². The molecule has 2 nitrogen and oxygen atoms in total. The summed E-state index contributed by atoms with van der Waals surface area (Å²) >= 11 is 9.91. The van der Waals surface area contributed by atoms with Gasteiger partial charge in [-0.25, -0.2) is 0 Å². The van der Waals surface area contributed by atoms with E-state index in [1.807, 2.05) is 12.1 Å². The maximum Gasteiger partial charge on any atom is 0.127 e. The Bertz CT molecular complexity index is 659. The van der Waals surface area contributed by atoms with Gasteiger partial charge in [0.05, 0.1) is 12.6 Å². The van der Waals surface area contributed by atoms with Crippen LogP contribution in [0.25, 0.3) is 0 Å². The summed E-state index contributed by atoms with van der Waals surface area (Å²) < 4.78 is 6.84. The van der Waals surface area contributed by atoms with Gasteiger partial charge in [-0.15, -0.1) is 0 Å². The lowest BCUT2D eigenvalue weighted by atomic mass is 9.95. The van der Waals surface area contributed by atoms with Crippen LogP contribution in [-0.2, 0) is 6.42 Å². The van der Waals surface area contributed by atoms with Gasteiger partial charge in [0.2, 0.25) is 0 Å². The number of halogens is 2. The van der Waals surface area contributed by atoms with E-state index in [1.165, 1.54) is 5.56 Å². The molecule has 0 spiro atoms. The van der Waals surface area contributed by atoms with Crippen molar-refractivity contribution in [2.24, 2.45) is 0 Å². The summed E-state index contributed by atoms with van der Waals surface area (Å²) in [5, 5.41) is 4.28. The lowest BCUT2D eigenvalue weighted by molar-refractivity contribution is 0.350. The van der Waals surface area contributed by atoms with Gasteiger partial charge in [-0.05, 0) is 29.8 Å². The van der Waals surface area contributed by atoms with Crippen molar-refractivity contribution in [1.82, 2.24) is 5.32 Å². The van der Waals surface area contributed by atoms with Crippen LogP contribution in [0.15, 0.2) is 40.9 Å². The first kappa shape index (κ1) is 14.9. The van der Waals surface area contributed by atoms with Crippen LogP contribution in [0.4, 0.5) is 0 Å². The lowest BCUT2D eigenvalue weighted by Crippen LogP contribution is -2.22. The molecule has 0 saturated carbocycles. The van der Waals surface area contributed by atoms with Crippen molar-refractivity contribution in [2.75, 3.05) is 13.2 Å². The summed E-state index contributed by atoms with van der Waals surface area (Å²) in [6.07, 6.45) is 0.982. The van der Waals surface area contributed by atoms with Gasteiger partial charge in [0.15, 0.2) is 0 Å². The van der Waals surface area contributed by atoms with Crippen LogP contribution in [-0.4, -0.2) is 13.2 Å². The number of benzene rings is 2. The van der Waals surface area contributed by atoms with Gasteiger partial charge in [0.1, 0.15) is 5.75 Å². The van der Waals surface area contributed by atoms with E-state index in [9.17, 15) is 0 Å². The second-order valence-electron chi connectivity index (χ2n) is 5.09. The van der Waals surface area contributed by atoms with Crippen LogP contribution in [0.5, 0.6) is 5.75 Å². The highest BCUT2D eigenvalue weighted by Gasteiger charge is 2.24. The number of nitrogens with one attached hydrogen (secondary N) is 1. The van der Waals surface area contributed by atoms with Gasteiger partial charge in [0.25, 0.3) is 0 Å². The normalized spacial score (nSPS) is 14.6. The van der Waals surface area contributed by atoms with Crippen LogP contribution in [0.1, 0.15) is 29.7 Å². The van der Waals surface area contributed by atoms with E-state index in [4.69, 9.17) is 16.3 Å². The maximum atomic E-state index is 6.45. The van der Waals surface area contributed by atoms with E-state index in [-0.39, 0.29) is 6.04 Å². The molecule has 1 heterocycles. The van der Waals surface area contributed by atoms with Gasteiger partial charge in [-0.3, -0.25) is 0 Å². The van der Waals surface area contributed by atoms with Crippen LogP contribution in [0, 0.1) is 0 Å². The van der Waals surface area contributed by atoms with Crippen molar-refractivity contribution in [3.05, 3.63) is 62.6 Å². The zero-order valence-electron chi connectivity index (χ0n) is 11.8. The Morgan fingerprint density at radius 3 is 2.90 bits per heavy atom. The average Bonchev–Trinajstić information content (AvgIpc) is 2.94. The lowest BCUT2D eigenvalue weighted by Gasteiger charge is -2.22. The highest BCUT2D eigenvalue weighted by molar-refractivity contribution is 9.10. The molecule has 1 N–H and O–H groups in total. The third kappa shape index (κ3) is 2.96. The second kappa shape index (κ2) is 6.39. The number of fused-ring (bicyclic) bond motifs is 1. The molecule has 0 amide bonds. The Balaban J connectivity index is 2.08.